The van der Waals surface area contributed by atoms with Gasteiger partial charge in [-0.15, -0.1) is 0 Å². The van der Waals surface area contributed by atoms with Crippen molar-refractivity contribution in [2.75, 3.05) is 6.79 Å². The molecule has 0 spiro atoms. The fraction of sp³-hybridized carbons (Fsp3) is 0.235. The molecule has 124 valence electrons. The third-order valence-electron chi connectivity index (χ3n) is 3.91. The Bertz CT molecular complexity index is 929. The van der Waals surface area contributed by atoms with Gasteiger partial charge in [0.2, 0.25) is 0 Å². The van der Waals surface area contributed by atoms with Crippen molar-refractivity contribution in [2.24, 2.45) is 7.05 Å². The van der Waals surface area contributed by atoms with Gasteiger partial charge in [-0.05, 0) is 30.3 Å². The molecule has 24 heavy (non-hydrogen) atoms. The molecule has 4 rings (SSSR count). The molecule has 0 unspecified atom stereocenters. The van der Waals surface area contributed by atoms with Gasteiger partial charge in [-0.2, -0.15) is 0 Å². The van der Waals surface area contributed by atoms with Crippen molar-refractivity contribution in [1.82, 2.24) is 9.55 Å². The summed E-state index contributed by atoms with van der Waals surface area (Å²) in [6.45, 7) is 0.566. The van der Waals surface area contributed by atoms with E-state index >= 15 is 0 Å². The molecule has 0 bridgehead atoms. The van der Waals surface area contributed by atoms with Gasteiger partial charge in [-0.1, -0.05) is 23.4 Å². The van der Waals surface area contributed by atoms with Crippen LogP contribution in [0.1, 0.15) is 11.1 Å². The molecule has 2 aromatic carbocycles. The first kappa shape index (κ1) is 15.7. The fourth-order valence-electron chi connectivity index (χ4n) is 2.79. The number of nitrogens with zero attached hydrogens (tertiary/aromatic N) is 2. The van der Waals surface area contributed by atoms with Crippen molar-refractivity contribution in [1.29, 1.82) is 0 Å². The second kappa shape index (κ2) is 6.27. The number of hydrogen-bond acceptors (Lipinski definition) is 4. The summed E-state index contributed by atoms with van der Waals surface area (Å²) in [6, 6.07) is 8.60. The molecule has 3 aromatic rings. The summed E-state index contributed by atoms with van der Waals surface area (Å²) in [5, 5.41) is 1.50. The molecule has 2 heterocycles. The van der Waals surface area contributed by atoms with Gasteiger partial charge in [0.15, 0.2) is 11.9 Å². The van der Waals surface area contributed by atoms with E-state index in [0.29, 0.717) is 17.4 Å². The van der Waals surface area contributed by atoms with Crippen LogP contribution in [0.2, 0.25) is 5.02 Å². The topological polar surface area (TPSA) is 36.3 Å². The Morgan fingerprint density at radius 1 is 1.33 bits per heavy atom. The van der Waals surface area contributed by atoms with Gasteiger partial charge in [-0.25, -0.2) is 9.37 Å². The van der Waals surface area contributed by atoms with E-state index in [0.717, 1.165) is 33.1 Å². The number of rotatable bonds is 3. The maximum absolute atomic E-state index is 13.8. The van der Waals surface area contributed by atoms with Crippen LogP contribution in [0, 0.1) is 5.82 Å². The highest BCUT2D eigenvalue weighted by molar-refractivity contribution is 7.98. The zero-order valence-electron chi connectivity index (χ0n) is 12.9. The number of halogens is 2. The molecule has 0 amide bonds. The molecule has 0 N–H and O–H groups in total. The van der Waals surface area contributed by atoms with Crippen molar-refractivity contribution in [3.05, 3.63) is 52.3 Å². The van der Waals surface area contributed by atoms with Crippen LogP contribution < -0.4 is 4.74 Å². The van der Waals surface area contributed by atoms with Gasteiger partial charge >= 0.3 is 0 Å². The summed E-state index contributed by atoms with van der Waals surface area (Å²) < 4.78 is 26.6. The maximum Gasteiger partial charge on any atom is 0.189 e. The van der Waals surface area contributed by atoms with Crippen molar-refractivity contribution in [3.8, 4) is 5.75 Å². The fourth-order valence-corrected chi connectivity index (χ4v) is 3.91. The van der Waals surface area contributed by atoms with Gasteiger partial charge in [0, 0.05) is 29.0 Å². The van der Waals surface area contributed by atoms with Crippen LogP contribution in [0.4, 0.5) is 4.39 Å². The van der Waals surface area contributed by atoms with Gasteiger partial charge in [-0.3, -0.25) is 0 Å². The van der Waals surface area contributed by atoms with Gasteiger partial charge in [0.25, 0.3) is 0 Å². The molecule has 4 nitrogen and oxygen atoms in total. The Balaban J connectivity index is 1.64. The first-order chi connectivity index (χ1) is 11.6. The summed E-state index contributed by atoms with van der Waals surface area (Å²) in [7, 11) is 1.96. The number of thioether (sulfide) groups is 1. The Morgan fingerprint density at radius 3 is 3.08 bits per heavy atom. The molecule has 1 aliphatic rings. The zero-order valence-corrected chi connectivity index (χ0v) is 14.5. The average Bonchev–Trinajstić information content (AvgIpc) is 2.87. The standard InChI is InChI=1S/C17H14ClFN2O2S/c1-21-15-3-2-12(18)6-14(15)20-17(21)24-8-11-5-13(19)4-10-7-22-9-23-16(10)11/h2-6H,7-9H2,1H3. The van der Waals surface area contributed by atoms with Crippen LogP contribution in [-0.4, -0.2) is 16.3 Å². The quantitative estimate of drug-likeness (QED) is 0.640. The van der Waals surface area contributed by atoms with E-state index in [-0.39, 0.29) is 12.6 Å². The highest BCUT2D eigenvalue weighted by Crippen LogP contribution is 2.34. The van der Waals surface area contributed by atoms with E-state index in [4.69, 9.17) is 21.1 Å². The van der Waals surface area contributed by atoms with Crippen LogP contribution in [0.25, 0.3) is 11.0 Å². The number of ether oxygens (including phenoxy) is 2. The molecule has 0 atom stereocenters. The lowest BCUT2D eigenvalue weighted by Gasteiger charge is -2.20. The summed E-state index contributed by atoms with van der Waals surface area (Å²) in [5.74, 6) is 0.998. The van der Waals surface area contributed by atoms with E-state index in [9.17, 15) is 4.39 Å². The minimum Gasteiger partial charge on any atom is -0.467 e. The number of imidazole rings is 1. The smallest absolute Gasteiger partial charge is 0.189 e. The van der Waals surface area contributed by atoms with Crippen molar-refractivity contribution >= 4 is 34.4 Å². The van der Waals surface area contributed by atoms with Crippen LogP contribution in [-0.2, 0) is 24.1 Å². The van der Waals surface area contributed by atoms with Crippen LogP contribution in [0.5, 0.6) is 5.75 Å². The highest BCUT2D eigenvalue weighted by atomic mass is 35.5. The number of aromatic nitrogens is 2. The van der Waals surface area contributed by atoms with Gasteiger partial charge in [0.1, 0.15) is 11.6 Å². The van der Waals surface area contributed by atoms with Crippen LogP contribution in [0.15, 0.2) is 35.5 Å². The molecule has 0 saturated carbocycles. The highest BCUT2D eigenvalue weighted by Gasteiger charge is 2.18. The first-order valence-electron chi connectivity index (χ1n) is 7.38. The number of benzene rings is 2. The van der Waals surface area contributed by atoms with Gasteiger partial charge in [0.05, 0.1) is 17.6 Å². The molecule has 0 saturated heterocycles. The predicted molar refractivity (Wildman–Crippen MR) is 92.0 cm³/mol. The normalized spacial score (nSPS) is 13.8. The molecule has 0 radical (unpaired) electrons. The number of aryl methyl sites for hydroxylation is 1. The van der Waals surface area contributed by atoms with E-state index in [1.165, 1.54) is 23.9 Å². The Morgan fingerprint density at radius 2 is 2.21 bits per heavy atom. The first-order valence-corrected chi connectivity index (χ1v) is 8.75. The lowest BCUT2D eigenvalue weighted by atomic mass is 10.1. The molecule has 1 aliphatic heterocycles. The average molecular weight is 365 g/mol. The molecule has 1 aromatic heterocycles. The summed E-state index contributed by atoms with van der Waals surface area (Å²) >= 11 is 7.56. The third-order valence-corrected chi connectivity index (χ3v) is 5.22. The van der Waals surface area contributed by atoms with Crippen molar-refractivity contribution in [2.45, 2.75) is 17.5 Å². The molecular weight excluding hydrogens is 351 g/mol. The van der Waals surface area contributed by atoms with Crippen LogP contribution in [0.3, 0.4) is 0 Å². The molecule has 0 aliphatic carbocycles. The number of fused-ring (bicyclic) bond motifs is 2. The van der Waals surface area contributed by atoms with Gasteiger partial charge < -0.3 is 14.0 Å². The monoisotopic (exact) mass is 364 g/mol. The Hall–Kier alpha value is -1.76. The van der Waals surface area contributed by atoms with E-state index in [1.807, 2.05) is 29.8 Å². The van der Waals surface area contributed by atoms with Crippen molar-refractivity contribution in [3.63, 3.8) is 0 Å². The van der Waals surface area contributed by atoms with E-state index < -0.39 is 0 Å². The minimum atomic E-state index is -0.282. The van der Waals surface area contributed by atoms with Crippen LogP contribution >= 0.6 is 23.4 Å². The molecule has 7 heteroatoms. The summed E-state index contributed by atoms with van der Waals surface area (Å²) in [5.41, 5.74) is 3.41. The van der Waals surface area contributed by atoms with E-state index in [2.05, 4.69) is 4.98 Å². The largest absolute Gasteiger partial charge is 0.467 e. The third kappa shape index (κ3) is 2.85. The second-order valence-electron chi connectivity index (χ2n) is 5.54. The Kier molecular flexibility index (Phi) is 4.12. The predicted octanol–water partition coefficient (Wildman–Crippen LogP) is 4.52. The molecular formula is C17H14ClFN2O2S. The SMILES string of the molecule is Cn1c(SCc2cc(F)cc3c2OCOC3)nc2cc(Cl)ccc21. The number of hydrogen-bond donors (Lipinski definition) is 0. The Labute approximate surface area is 147 Å². The maximum atomic E-state index is 13.8. The minimum absolute atomic E-state index is 0.196. The lowest BCUT2D eigenvalue weighted by Crippen LogP contribution is -2.13. The molecule has 0 fully saturated rings. The summed E-state index contributed by atoms with van der Waals surface area (Å²) in [4.78, 5) is 4.60. The zero-order chi connectivity index (χ0) is 16.7. The second-order valence-corrected chi connectivity index (χ2v) is 6.92. The summed E-state index contributed by atoms with van der Waals surface area (Å²) in [6.07, 6.45) is 0. The van der Waals surface area contributed by atoms with E-state index in [1.54, 1.807) is 0 Å². The van der Waals surface area contributed by atoms with Crippen molar-refractivity contribution < 1.29 is 13.9 Å². The lowest BCUT2D eigenvalue weighted by molar-refractivity contribution is -0.0171.